The third kappa shape index (κ3) is 3.14. The number of rotatable bonds is 3. The van der Waals surface area contributed by atoms with E-state index in [1.54, 1.807) is 6.07 Å². The molecule has 1 heterocycles. The summed E-state index contributed by atoms with van der Waals surface area (Å²) < 4.78 is 2.08. The smallest absolute Gasteiger partial charge is 0.147 e. The SMILES string of the molecule is CC(C)(C)n1c(CN)nnc1Cc1ccc(Cl)c(Cl)c1. The monoisotopic (exact) mass is 312 g/mol. The predicted octanol–water partition coefficient (Wildman–Crippen LogP) is 3.39. The fourth-order valence-corrected chi connectivity index (χ4v) is 2.53. The van der Waals surface area contributed by atoms with Gasteiger partial charge in [0.25, 0.3) is 0 Å². The molecule has 0 aliphatic heterocycles. The molecule has 0 radical (unpaired) electrons. The van der Waals surface area contributed by atoms with E-state index in [4.69, 9.17) is 28.9 Å². The van der Waals surface area contributed by atoms with Crippen LogP contribution in [0.3, 0.4) is 0 Å². The summed E-state index contributed by atoms with van der Waals surface area (Å²) in [5.41, 5.74) is 6.66. The highest BCUT2D eigenvalue weighted by Crippen LogP contribution is 2.25. The zero-order valence-electron chi connectivity index (χ0n) is 11.8. The Bertz CT molecular complexity index is 614. The van der Waals surface area contributed by atoms with Gasteiger partial charge in [0, 0.05) is 12.0 Å². The number of hydrogen-bond donors (Lipinski definition) is 1. The lowest BCUT2D eigenvalue weighted by Gasteiger charge is -2.24. The first-order valence-electron chi connectivity index (χ1n) is 6.40. The lowest BCUT2D eigenvalue weighted by molar-refractivity contribution is 0.371. The first-order chi connectivity index (χ1) is 9.32. The zero-order chi connectivity index (χ0) is 14.9. The van der Waals surface area contributed by atoms with Crippen molar-refractivity contribution in [1.29, 1.82) is 0 Å². The van der Waals surface area contributed by atoms with Gasteiger partial charge in [-0.15, -0.1) is 10.2 Å². The van der Waals surface area contributed by atoms with Gasteiger partial charge in [0.2, 0.25) is 0 Å². The van der Waals surface area contributed by atoms with Crippen molar-refractivity contribution in [2.24, 2.45) is 5.73 Å². The average Bonchev–Trinajstić information content (AvgIpc) is 2.76. The van der Waals surface area contributed by atoms with Crippen molar-refractivity contribution in [3.05, 3.63) is 45.5 Å². The van der Waals surface area contributed by atoms with E-state index in [2.05, 4.69) is 35.5 Å². The van der Waals surface area contributed by atoms with Gasteiger partial charge >= 0.3 is 0 Å². The number of nitrogens with zero attached hydrogens (tertiary/aromatic N) is 3. The second-order valence-electron chi connectivity index (χ2n) is 5.67. The van der Waals surface area contributed by atoms with E-state index < -0.39 is 0 Å². The van der Waals surface area contributed by atoms with Crippen LogP contribution in [0.1, 0.15) is 38.0 Å². The summed E-state index contributed by atoms with van der Waals surface area (Å²) in [5.74, 6) is 1.66. The van der Waals surface area contributed by atoms with E-state index in [-0.39, 0.29) is 5.54 Å². The molecule has 0 spiro atoms. The van der Waals surface area contributed by atoms with Crippen LogP contribution < -0.4 is 5.73 Å². The van der Waals surface area contributed by atoms with Gasteiger partial charge in [-0.3, -0.25) is 0 Å². The maximum atomic E-state index is 6.05. The number of aromatic nitrogens is 3. The van der Waals surface area contributed by atoms with Gasteiger partial charge in [-0.1, -0.05) is 29.3 Å². The molecule has 6 heteroatoms. The van der Waals surface area contributed by atoms with Gasteiger partial charge in [-0.05, 0) is 38.5 Å². The first kappa shape index (κ1) is 15.3. The highest BCUT2D eigenvalue weighted by atomic mass is 35.5. The van der Waals surface area contributed by atoms with Crippen LogP contribution >= 0.6 is 23.2 Å². The molecule has 2 rings (SSSR count). The maximum absolute atomic E-state index is 6.05. The number of benzene rings is 1. The summed E-state index contributed by atoms with van der Waals surface area (Å²) in [6.45, 7) is 6.68. The molecule has 0 bridgehead atoms. The molecule has 108 valence electrons. The van der Waals surface area contributed by atoms with Crippen molar-refractivity contribution < 1.29 is 0 Å². The fraction of sp³-hybridized carbons (Fsp3) is 0.429. The lowest BCUT2D eigenvalue weighted by Crippen LogP contribution is -2.27. The largest absolute Gasteiger partial charge is 0.324 e. The van der Waals surface area contributed by atoms with Crippen LogP contribution in [0.5, 0.6) is 0 Å². The highest BCUT2D eigenvalue weighted by molar-refractivity contribution is 6.42. The first-order valence-corrected chi connectivity index (χ1v) is 7.16. The Kier molecular flexibility index (Phi) is 4.37. The molecule has 0 aliphatic rings. The van der Waals surface area contributed by atoms with Gasteiger partial charge in [0.05, 0.1) is 16.6 Å². The summed E-state index contributed by atoms with van der Waals surface area (Å²) >= 11 is 12.0. The number of nitrogens with two attached hydrogens (primary N) is 1. The van der Waals surface area contributed by atoms with Crippen LogP contribution in [0.15, 0.2) is 18.2 Å². The lowest BCUT2D eigenvalue weighted by atomic mass is 10.1. The van der Waals surface area contributed by atoms with Crippen molar-refractivity contribution in [2.45, 2.75) is 39.3 Å². The maximum Gasteiger partial charge on any atom is 0.147 e. The van der Waals surface area contributed by atoms with E-state index in [1.165, 1.54) is 0 Å². The summed E-state index contributed by atoms with van der Waals surface area (Å²) in [5, 5.41) is 9.52. The molecule has 0 unspecified atom stereocenters. The molecular formula is C14H18Cl2N4. The van der Waals surface area contributed by atoms with E-state index in [0.29, 0.717) is 23.0 Å². The van der Waals surface area contributed by atoms with E-state index in [1.807, 2.05) is 12.1 Å². The third-order valence-corrected chi connectivity index (χ3v) is 3.74. The quantitative estimate of drug-likeness (QED) is 0.945. The van der Waals surface area contributed by atoms with Crippen molar-refractivity contribution in [1.82, 2.24) is 14.8 Å². The minimum Gasteiger partial charge on any atom is -0.324 e. The van der Waals surface area contributed by atoms with Crippen molar-refractivity contribution in [3.63, 3.8) is 0 Å². The van der Waals surface area contributed by atoms with Crippen LogP contribution in [0.2, 0.25) is 10.0 Å². The van der Waals surface area contributed by atoms with Gasteiger partial charge in [-0.2, -0.15) is 0 Å². The van der Waals surface area contributed by atoms with E-state index in [0.717, 1.165) is 17.2 Å². The topological polar surface area (TPSA) is 56.7 Å². The second kappa shape index (κ2) is 5.72. The van der Waals surface area contributed by atoms with Crippen LogP contribution in [0.4, 0.5) is 0 Å². The van der Waals surface area contributed by atoms with E-state index in [9.17, 15) is 0 Å². The van der Waals surface area contributed by atoms with Gasteiger partial charge in [-0.25, -0.2) is 0 Å². The van der Waals surface area contributed by atoms with Gasteiger partial charge in [0.15, 0.2) is 0 Å². The average molecular weight is 313 g/mol. The molecule has 2 aromatic rings. The van der Waals surface area contributed by atoms with Gasteiger partial charge < -0.3 is 10.3 Å². The molecule has 2 N–H and O–H groups in total. The highest BCUT2D eigenvalue weighted by Gasteiger charge is 2.22. The summed E-state index contributed by atoms with van der Waals surface area (Å²) in [6.07, 6.45) is 0.640. The fourth-order valence-electron chi connectivity index (χ4n) is 2.21. The van der Waals surface area contributed by atoms with Crippen LogP contribution in [0, 0.1) is 0 Å². The predicted molar refractivity (Wildman–Crippen MR) is 82.2 cm³/mol. The molecule has 0 amide bonds. The standard InChI is InChI=1S/C14H18Cl2N4/c1-14(2,3)20-12(18-19-13(20)8-17)7-9-4-5-10(15)11(16)6-9/h4-6H,7-8,17H2,1-3H3. The Morgan fingerprint density at radius 1 is 1.10 bits per heavy atom. The minimum atomic E-state index is -0.121. The summed E-state index contributed by atoms with van der Waals surface area (Å²) in [4.78, 5) is 0. The van der Waals surface area contributed by atoms with Crippen molar-refractivity contribution >= 4 is 23.2 Å². The summed E-state index contributed by atoms with van der Waals surface area (Å²) in [6, 6.07) is 5.59. The number of halogens is 2. The molecule has 20 heavy (non-hydrogen) atoms. The molecule has 0 atom stereocenters. The molecule has 0 saturated heterocycles. The normalized spacial score (nSPS) is 11.9. The molecule has 1 aromatic carbocycles. The Labute approximate surface area is 128 Å². The molecule has 0 fully saturated rings. The van der Waals surface area contributed by atoms with Crippen molar-refractivity contribution in [2.75, 3.05) is 0 Å². The molecule has 0 saturated carbocycles. The molecule has 0 aliphatic carbocycles. The Balaban J connectivity index is 2.38. The number of hydrogen-bond acceptors (Lipinski definition) is 3. The van der Waals surface area contributed by atoms with Crippen LogP contribution in [0.25, 0.3) is 0 Å². The molecule has 4 nitrogen and oxygen atoms in total. The Morgan fingerprint density at radius 3 is 2.30 bits per heavy atom. The van der Waals surface area contributed by atoms with Crippen LogP contribution in [-0.4, -0.2) is 14.8 Å². The summed E-state index contributed by atoms with van der Waals surface area (Å²) in [7, 11) is 0. The molecular weight excluding hydrogens is 295 g/mol. The van der Waals surface area contributed by atoms with Crippen LogP contribution in [-0.2, 0) is 18.5 Å². The zero-order valence-corrected chi connectivity index (χ0v) is 13.3. The molecule has 1 aromatic heterocycles. The van der Waals surface area contributed by atoms with Crippen molar-refractivity contribution in [3.8, 4) is 0 Å². The Hall–Kier alpha value is -1.10. The van der Waals surface area contributed by atoms with Gasteiger partial charge in [0.1, 0.15) is 11.6 Å². The Morgan fingerprint density at radius 2 is 1.75 bits per heavy atom. The minimum absolute atomic E-state index is 0.121. The third-order valence-electron chi connectivity index (χ3n) is 3.00. The second-order valence-corrected chi connectivity index (χ2v) is 6.48. The van der Waals surface area contributed by atoms with E-state index >= 15 is 0 Å².